The fourth-order valence-corrected chi connectivity index (χ4v) is 5.81. The second-order valence-corrected chi connectivity index (χ2v) is 9.41. The molecule has 3 rings (SSSR count). The average Bonchev–Trinajstić information content (AvgIpc) is 2.77. The molecule has 0 aliphatic carbocycles. The van der Waals surface area contributed by atoms with Crippen LogP contribution in [0.4, 0.5) is 11.4 Å². The van der Waals surface area contributed by atoms with E-state index in [0.717, 1.165) is 48.5 Å². The number of halogens is 1. The van der Waals surface area contributed by atoms with Crippen LogP contribution in [-0.2, 0) is 11.2 Å². The van der Waals surface area contributed by atoms with E-state index < -0.39 is 11.2 Å². The van der Waals surface area contributed by atoms with Gasteiger partial charge in [-0.3, -0.25) is 0 Å². The fraction of sp³-hybridized carbons (Fsp3) is 0.429. The van der Waals surface area contributed by atoms with Crippen molar-refractivity contribution in [3.05, 3.63) is 46.9 Å². The predicted molar refractivity (Wildman–Crippen MR) is 113 cm³/mol. The summed E-state index contributed by atoms with van der Waals surface area (Å²) >= 11 is 2.29. The second kappa shape index (κ2) is 8.24. The van der Waals surface area contributed by atoms with Crippen molar-refractivity contribution in [2.45, 2.75) is 44.4 Å². The van der Waals surface area contributed by atoms with E-state index in [1.807, 2.05) is 24.3 Å². The molecule has 2 aromatic rings. The zero-order chi connectivity index (χ0) is 18.7. The summed E-state index contributed by atoms with van der Waals surface area (Å²) in [5.74, 6) is 0.781. The number of unbranched alkanes of at least 4 members (excludes halogenated alkanes) is 1. The number of hydrogen-bond donors (Lipinski definition) is 1. The molecule has 0 bridgehead atoms. The van der Waals surface area contributed by atoms with Gasteiger partial charge in [0.15, 0.2) is 4.90 Å². The Kier molecular flexibility index (Phi) is 6.21. The number of rotatable bonds is 5. The standard InChI is InChI=1S/C21H26BrNO2S/c1-3-5-11-21(4-2)14-23(16-9-7-6-8-10-16)18-12-17(22)19(24)13-20(18)26(25)15-21/h6-10,12-13,24H,3-5,11,14-15H2,1-2H3/t21-,26?/m0/s1. The monoisotopic (exact) mass is 435 g/mol. The molecule has 0 saturated carbocycles. The molecule has 0 spiro atoms. The Morgan fingerprint density at radius 3 is 2.62 bits per heavy atom. The molecule has 1 N–H and O–H groups in total. The zero-order valence-electron chi connectivity index (χ0n) is 15.4. The van der Waals surface area contributed by atoms with Crippen LogP contribution < -0.4 is 4.90 Å². The van der Waals surface area contributed by atoms with Gasteiger partial charge in [0.2, 0.25) is 0 Å². The summed E-state index contributed by atoms with van der Waals surface area (Å²) in [6, 6.07) is 13.8. The lowest BCUT2D eigenvalue weighted by molar-refractivity contribution is 0.290. The summed E-state index contributed by atoms with van der Waals surface area (Å²) in [7, 11) is 0. The molecule has 26 heavy (non-hydrogen) atoms. The van der Waals surface area contributed by atoms with Gasteiger partial charge >= 0.3 is 0 Å². The lowest BCUT2D eigenvalue weighted by Crippen LogP contribution is -2.37. The summed E-state index contributed by atoms with van der Waals surface area (Å²) in [5.41, 5.74) is 2.02. The van der Waals surface area contributed by atoms with E-state index in [2.05, 4.69) is 46.8 Å². The van der Waals surface area contributed by atoms with E-state index in [0.29, 0.717) is 10.2 Å². The van der Waals surface area contributed by atoms with Crippen LogP contribution in [0, 0.1) is 5.41 Å². The molecule has 0 amide bonds. The smallest absolute Gasteiger partial charge is 0.180 e. The normalized spacial score (nSPS) is 22.8. The summed E-state index contributed by atoms with van der Waals surface area (Å²) < 4.78 is 13.9. The molecule has 1 unspecified atom stereocenters. The van der Waals surface area contributed by atoms with Gasteiger partial charge < -0.3 is 14.6 Å². The van der Waals surface area contributed by atoms with Gasteiger partial charge in [0.25, 0.3) is 0 Å². The van der Waals surface area contributed by atoms with Crippen LogP contribution in [0.25, 0.3) is 0 Å². The number of benzene rings is 2. The first-order valence-corrected chi connectivity index (χ1v) is 11.3. The first-order chi connectivity index (χ1) is 12.5. The lowest BCUT2D eigenvalue weighted by Gasteiger charge is -2.35. The maximum absolute atomic E-state index is 13.2. The number of aromatic hydroxyl groups is 1. The third kappa shape index (κ3) is 3.90. The Labute approximate surface area is 167 Å². The van der Waals surface area contributed by atoms with Gasteiger partial charge in [0, 0.05) is 23.7 Å². The lowest BCUT2D eigenvalue weighted by atomic mass is 9.81. The van der Waals surface area contributed by atoms with Crippen LogP contribution in [0.1, 0.15) is 39.5 Å². The molecule has 1 heterocycles. The Morgan fingerprint density at radius 2 is 1.96 bits per heavy atom. The number of nitrogens with zero attached hydrogens (tertiary/aromatic N) is 1. The number of phenols is 1. The molecule has 0 aromatic heterocycles. The average molecular weight is 436 g/mol. The van der Waals surface area contributed by atoms with Crippen LogP contribution in [0.2, 0.25) is 0 Å². The van der Waals surface area contributed by atoms with E-state index >= 15 is 0 Å². The molecule has 2 aromatic carbocycles. The minimum Gasteiger partial charge on any atom is -0.611 e. The molecular weight excluding hydrogens is 410 g/mol. The van der Waals surface area contributed by atoms with Crippen LogP contribution in [0.5, 0.6) is 5.75 Å². The quantitative estimate of drug-likeness (QED) is 0.585. The molecule has 2 atom stereocenters. The number of fused-ring (bicyclic) bond motifs is 1. The van der Waals surface area contributed by atoms with E-state index in [4.69, 9.17) is 0 Å². The third-order valence-electron chi connectivity index (χ3n) is 5.37. The summed E-state index contributed by atoms with van der Waals surface area (Å²) in [4.78, 5) is 3.00. The summed E-state index contributed by atoms with van der Waals surface area (Å²) in [6.07, 6.45) is 4.33. The highest BCUT2D eigenvalue weighted by molar-refractivity contribution is 9.10. The SMILES string of the molecule is CCCC[C@@]1(CC)CN(c2ccccc2)c2cc(Br)c(O)cc2[S+]([O-])C1. The van der Waals surface area contributed by atoms with Crippen LogP contribution in [0.15, 0.2) is 51.8 Å². The fourth-order valence-electron chi connectivity index (χ4n) is 3.68. The highest BCUT2D eigenvalue weighted by atomic mass is 79.9. The number of para-hydroxylation sites is 1. The van der Waals surface area contributed by atoms with Gasteiger partial charge in [-0.1, -0.05) is 44.9 Å². The third-order valence-corrected chi connectivity index (χ3v) is 7.70. The first kappa shape index (κ1) is 19.6. The van der Waals surface area contributed by atoms with Crippen LogP contribution in [0.3, 0.4) is 0 Å². The molecule has 140 valence electrons. The van der Waals surface area contributed by atoms with Crippen molar-refractivity contribution in [1.29, 1.82) is 0 Å². The van der Waals surface area contributed by atoms with Crippen molar-refractivity contribution in [2.75, 3.05) is 17.2 Å². The van der Waals surface area contributed by atoms with E-state index in [1.54, 1.807) is 6.07 Å². The van der Waals surface area contributed by atoms with E-state index in [1.165, 1.54) is 0 Å². The Hall–Kier alpha value is -1.17. The summed E-state index contributed by atoms with van der Waals surface area (Å²) in [6.45, 7) is 5.25. The number of hydrogen-bond acceptors (Lipinski definition) is 3. The van der Waals surface area contributed by atoms with Crippen molar-refractivity contribution in [3.63, 3.8) is 0 Å². The zero-order valence-corrected chi connectivity index (χ0v) is 17.8. The van der Waals surface area contributed by atoms with Gasteiger partial charge in [0.05, 0.1) is 10.2 Å². The largest absolute Gasteiger partial charge is 0.611 e. The van der Waals surface area contributed by atoms with E-state index in [9.17, 15) is 9.66 Å². The topological polar surface area (TPSA) is 46.5 Å². The maximum Gasteiger partial charge on any atom is 0.180 e. The van der Waals surface area contributed by atoms with Gasteiger partial charge in [-0.05, 0) is 58.1 Å². The van der Waals surface area contributed by atoms with Gasteiger partial charge in [-0.15, -0.1) is 0 Å². The molecule has 0 saturated heterocycles. The molecule has 5 heteroatoms. The Morgan fingerprint density at radius 1 is 1.23 bits per heavy atom. The van der Waals surface area contributed by atoms with Gasteiger partial charge in [-0.25, -0.2) is 0 Å². The summed E-state index contributed by atoms with van der Waals surface area (Å²) in [5, 5.41) is 10.2. The molecule has 0 fully saturated rings. The maximum atomic E-state index is 13.2. The van der Waals surface area contributed by atoms with Gasteiger partial charge in [-0.2, -0.15) is 0 Å². The predicted octanol–water partition coefficient (Wildman–Crippen LogP) is 6.00. The highest BCUT2D eigenvalue weighted by Crippen LogP contribution is 2.46. The first-order valence-electron chi connectivity index (χ1n) is 9.23. The van der Waals surface area contributed by atoms with E-state index in [-0.39, 0.29) is 11.2 Å². The van der Waals surface area contributed by atoms with Crippen molar-refractivity contribution in [1.82, 2.24) is 0 Å². The minimum atomic E-state index is -1.14. The minimum absolute atomic E-state index is 0.00215. The van der Waals surface area contributed by atoms with Crippen molar-refractivity contribution in [2.24, 2.45) is 5.41 Å². The van der Waals surface area contributed by atoms with Crippen molar-refractivity contribution < 1.29 is 9.66 Å². The van der Waals surface area contributed by atoms with Crippen molar-refractivity contribution >= 4 is 38.5 Å². The van der Waals surface area contributed by atoms with Crippen LogP contribution >= 0.6 is 15.9 Å². The van der Waals surface area contributed by atoms with Crippen LogP contribution in [-0.4, -0.2) is 22.0 Å². The molecule has 1 aliphatic heterocycles. The Balaban J connectivity index is 2.14. The number of anilines is 2. The van der Waals surface area contributed by atoms with Crippen molar-refractivity contribution in [3.8, 4) is 5.75 Å². The number of phenolic OH excluding ortho intramolecular Hbond substituents is 1. The second-order valence-electron chi connectivity index (χ2n) is 7.14. The Bertz CT molecular complexity index is 755. The molecule has 3 nitrogen and oxygen atoms in total. The molecule has 1 aliphatic rings. The highest BCUT2D eigenvalue weighted by Gasteiger charge is 2.41. The van der Waals surface area contributed by atoms with Gasteiger partial charge in [0.1, 0.15) is 11.5 Å². The molecular formula is C21H26BrNO2S. The molecule has 0 radical (unpaired) electrons.